The predicted molar refractivity (Wildman–Crippen MR) is 188 cm³/mol. The fourth-order valence-corrected chi connectivity index (χ4v) is 9.72. The number of ketones is 1. The number of carboxylic acids is 1. The number of rotatable bonds is 11. The molecule has 53 heavy (non-hydrogen) atoms. The fraction of sp³-hybridized carbons (Fsp3) is 0.676. The summed E-state index contributed by atoms with van der Waals surface area (Å²) in [6.45, 7) is 11.2. The van der Waals surface area contributed by atoms with Crippen LogP contribution in [0.2, 0.25) is 0 Å². The number of aliphatic carboxylic acids is 1. The predicted octanol–water partition coefficient (Wildman–Crippen LogP) is 0.806. The summed E-state index contributed by atoms with van der Waals surface area (Å²) in [4.78, 5) is 62.2. The fourth-order valence-electron chi connectivity index (χ4n) is 9.37. The summed E-state index contributed by atoms with van der Waals surface area (Å²) < 4.78 is 39.3. The first-order valence-corrected chi connectivity index (χ1v) is 19.9. The van der Waals surface area contributed by atoms with Crippen molar-refractivity contribution in [3.63, 3.8) is 0 Å². The number of esters is 1. The maximum Gasteiger partial charge on any atom is 2.00 e. The molecule has 16 heteroatoms. The van der Waals surface area contributed by atoms with Crippen LogP contribution in [-0.2, 0) is 64.1 Å². The smallest absolute Gasteiger partial charge is 0.748 e. The molecule has 0 saturated carbocycles. The van der Waals surface area contributed by atoms with Gasteiger partial charge >= 0.3 is 26.4 Å². The molecule has 1 amide bonds. The second-order valence-corrected chi connectivity index (χ2v) is 16.6. The Hall–Kier alpha value is -2.87. The van der Waals surface area contributed by atoms with Gasteiger partial charge in [-0.3, -0.25) is 14.4 Å². The van der Waals surface area contributed by atoms with E-state index in [4.69, 9.17) is 14.7 Å². The van der Waals surface area contributed by atoms with Crippen LogP contribution in [0.25, 0.3) is 0 Å². The maximum atomic E-state index is 14.0. The van der Waals surface area contributed by atoms with Crippen LogP contribution in [0.4, 0.5) is 0 Å². The molecule has 2 aromatic heterocycles. The van der Waals surface area contributed by atoms with Crippen LogP contribution < -0.4 is 31.0 Å². The monoisotopic (exact) mass is 847 g/mol. The Morgan fingerprint density at radius 2 is 1.49 bits per heavy atom. The molecular weight excluding hydrogens is 797 g/mol. The molecule has 9 atom stereocenters. The summed E-state index contributed by atoms with van der Waals surface area (Å²) in [5, 5.41) is 21.9. The first kappa shape index (κ1) is 42.9. The van der Waals surface area contributed by atoms with Gasteiger partial charge in [-0.05, 0) is 82.5 Å². The molecule has 5 unspecified atom stereocenters. The molecule has 3 N–H and O–H groups in total. The van der Waals surface area contributed by atoms with Crippen molar-refractivity contribution < 1.29 is 62.4 Å². The molecular formula is C37H51N5O9PdS-2. The van der Waals surface area contributed by atoms with Gasteiger partial charge in [0.1, 0.15) is 0 Å². The molecule has 14 nitrogen and oxygen atoms in total. The summed E-state index contributed by atoms with van der Waals surface area (Å²) in [7, 11) is -3.33. The van der Waals surface area contributed by atoms with Crippen molar-refractivity contribution >= 4 is 33.7 Å². The third kappa shape index (κ3) is 9.16. The molecule has 0 aromatic carbocycles. The SMILES string of the molecule is CC[C@H]1C2Cc3[n-]c(c(C(=O)NCCS(=O)(=O)[O-])c3C)C(CC(=O)OC)C3NC(Cc4[n-]c(c(C(C)=O)c4C)CC(N2)[C@@H]1C)[C@@H](C)[C@@H]3CCC(=O)[O-].[Pd+2]. The number of nitrogens with one attached hydrogen (secondary N) is 3. The first-order chi connectivity index (χ1) is 24.4. The van der Waals surface area contributed by atoms with E-state index in [1.807, 2.05) is 13.8 Å². The molecule has 2 saturated heterocycles. The topological polar surface area (TPSA) is 222 Å². The van der Waals surface area contributed by atoms with Gasteiger partial charge in [0, 0.05) is 47.8 Å². The Morgan fingerprint density at radius 3 is 2.09 bits per heavy atom. The minimum atomic E-state index is -4.60. The van der Waals surface area contributed by atoms with Crippen molar-refractivity contribution in [1.82, 2.24) is 25.9 Å². The van der Waals surface area contributed by atoms with Crippen LogP contribution in [0.3, 0.4) is 0 Å². The van der Waals surface area contributed by atoms with Gasteiger partial charge in [0.25, 0.3) is 0 Å². The van der Waals surface area contributed by atoms with Gasteiger partial charge in [-0.2, -0.15) is 11.4 Å². The number of aromatic nitrogens is 2. The van der Waals surface area contributed by atoms with Crippen LogP contribution in [0.5, 0.6) is 0 Å². The van der Waals surface area contributed by atoms with Crippen molar-refractivity contribution in [2.45, 2.75) is 117 Å². The molecule has 3 aliphatic rings. The number of hydrogen-bond acceptors (Lipinski definition) is 11. The Bertz CT molecular complexity index is 1810. The van der Waals surface area contributed by atoms with E-state index in [-0.39, 0.29) is 92.8 Å². The molecule has 0 radical (unpaired) electrons. The largest absolute Gasteiger partial charge is 2.00 e. The number of ether oxygens (including phenoxy) is 1. The summed E-state index contributed by atoms with van der Waals surface area (Å²) >= 11 is 0. The first-order valence-electron chi connectivity index (χ1n) is 18.3. The summed E-state index contributed by atoms with van der Waals surface area (Å²) in [5.41, 5.74) is 4.76. The van der Waals surface area contributed by atoms with E-state index in [2.05, 4.69) is 29.8 Å². The standard InChI is InChI=1S/C37H55N5O9S.Pd/c1-8-22-17(2)25-16-30-33(21(6)43)19(4)27(40-30)14-26-18(3)23(9-10-31(44)45)35(41-26)24(13-32(46)51-7)36-34(37(47)38-11-12-52(48,49)50)20(5)28(42-36)15-29(22)39-25;/h17-18,22-26,29,35,39,41H,8-16H2,1-7H3,(H5,38,40,42,43,44,45,47,48,49,50);/q;+2/p-4/t17-,18+,22-,23+,24?,25?,26?,29?,35?;/m1./s1. The number of amides is 1. The minimum Gasteiger partial charge on any atom is -0.748 e. The van der Waals surface area contributed by atoms with Crippen LogP contribution in [-0.4, -0.2) is 80.2 Å². The summed E-state index contributed by atoms with van der Waals surface area (Å²) in [6.07, 6.45) is 2.16. The normalized spacial score (nSPS) is 28.3. The molecule has 2 aromatic rings. The van der Waals surface area contributed by atoms with Crippen molar-refractivity contribution in [2.24, 2.45) is 23.7 Å². The van der Waals surface area contributed by atoms with Crippen LogP contribution in [0.1, 0.15) is 114 Å². The number of carbonyl (C=O) groups is 4. The van der Waals surface area contributed by atoms with Crippen LogP contribution in [0, 0.1) is 37.5 Å². The van der Waals surface area contributed by atoms with Gasteiger partial charge in [0.2, 0.25) is 5.91 Å². The number of Topliss-reactive ketones (excluding diaryl/α,β-unsaturated/α-hetero) is 1. The van der Waals surface area contributed by atoms with Crippen LogP contribution in [0.15, 0.2) is 0 Å². The summed E-state index contributed by atoms with van der Waals surface area (Å²) in [6, 6.07) is -0.801. The Kier molecular flexibility index (Phi) is 14.0. The van der Waals surface area contributed by atoms with Crippen molar-refractivity contribution in [1.29, 1.82) is 0 Å². The third-order valence-corrected chi connectivity index (χ3v) is 12.8. The van der Waals surface area contributed by atoms with E-state index in [1.165, 1.54) is 7.11 Å². The van der Waals surface area contributed by atoms with Gasteiger partial charge in [-0.15, -0.1) is 11.4 Å². The molecule has 5 heterocycles. The summed E-state index contributed by atoms with van der Waals surface area (Å²) in [5.74, 6) is -3.93. The molecule has 296 valence electrons. The Labute approximate surface area is 325 Å². The second-order valence-electron chi connectivity index (χ2n) is 15.1. The van der Waals surface area contributed by atoms with Crippen molar-refractivity contribution in [3.05, 3.63) is 45.0 Å². The van der Waals surface area contributed by atoms with Gasteiger partial charge in [0.15, 0.2) is 5.78 Å². The quantitative estimate of drug-likeness (QED) is 0.124. The minimum absolute atomic E-state index is 0. The average Bonchev–Trinajstić information content (AvgIpc) is 3.74. The zero-order chi connectivity index (χ0) is 38.2. The second kappa shape index (κ2) is 17.3. The zero-order valence-corrected chi connectivity index (χ0v) is 33.7. The molecule has 5 rings (SSSR count). The third-order valence-electron chi connectivity index (χ3n) is 12.1. The van der Waals surface area contributed by atoms with E-state index in [0.29, 0.717) is 41.8 Å². The number of hydrogen-bond donors (Lipinski definition) is 3. The van der Waals surface area contributed by atoms with Gasteiger partial charge in [0.05, 0.1) is 29.4 Å². The Morgan fingerprint density at radius 1 is 0.906 bits per heavy atom. The maximum absolute atomic E-state index is 14.0. The van der Waals surface area contributed by atoms with Crippen molar-refractivity contribution in [3.8, 4) is 0 Å². The average molecular weight is 848 g/mol. The number of nitrogens with zero attached hydrogens (tertiary/aromatic N) is 2. The van der Waals surface area contributed by atoms with Gasteiger partial charge in [-0.1, -0.05) is 38.3 Å². The van der Waals surface area contributed by atoms with Gasteiger partial charge in [-0.25, -0.2) is 8.42 Å². The molecule has 2 fully saturated rings. The van der Waals surface area contributed by atoms with E-state index in [0.717, 1.165) is 23.4 Å². The van der Waals surface area contributed by atoms with E-state index >= 15 is 0 Å². The van der Waals surface area contributed by atoms with Gasteiger partial charge < -0.3 is 45.1 Å². The zero-order valence-electron chi connectivity index (χ0n) is 31.4. The molecule has 3 aliphatic heterocycles. The van der Waals surface area contributed by atoms with Crippen molar-refractivity contribution in [2.75, 3.05) is 19.4 Å². The number of carboxylic acid groups (broad SMARTS) is 1. The van der Waals surface area contributed by atoms with E-state index in [9.17, 15) is 37.3 Å². The molecule has 8 bridgehead atoms. The van der Waals surface area contributed by atoms with E-state index < -0.39 is 52.2 Å². The Balaban J connectivity index is 0.00000627. The molecule has 0 aliphatic carbocycles. The number of fused-ring (bicyclic) bond motifs is 8. The number of carbonyl (C=O) groups excluding carboxylic acids is 4. The molecule has 0 spiro atoms. The van der Waals surface area contributed by atoms with E-state index in [1.54, 1.807) is 13.8 Å². The van der Waals surface area contributed by atoms with Crippen LogP contribution >= 0.6 is 0 Å². The number of methoxy groups -OCH3 is 1.